The molecule has 1 heterocycles. The maximum absolute atomic E-state index is 11.9. The molecule has 92 valence electrons. The summed E-state index contributed by atoms with van der Waals surface area (Å²) < 4.78 is 0. The van der Waals surface area contributed by atoms with E-state index in [9.17, 15) is 9.59 Å². The molecule has 0 aromatic carbocycles. The van der Waals surface area contributed by atoms with Gasteiger partial charge >= 0.3 is 5.97 Å². The minimum absolute atomic E-state index is 0.0571. The van der Waals surface area contributed by atoms with E-state index in [0.717, 1.165) is 13.0 Å². The summed E-state index contributed by atoms with van der Waals surface area (Å²) in [6.45, 7) is 5.32. The molecule has 2 N–H and O–H groups in total. The lowest BCUT2D eigenvalue weighted by Crippen LogP contribution is -2.43. The van der Waals surface area contributed by atoms with Crippen LogP contribution >= 0.6 is 0 Å². The van der Waals surface area contributed by atoms with Crippen molar-refractivity contribution in [3.05, 3.63) is 0 Å². The number of hydrogen-bond acceptors (Lipinski definition) is 3. The predicted octanol–water partition coefficient (Wildman–Crippen LogP) is 0.450. The molecule has 2 atom stereocenters. The molecule has 5 heteroatoms. The highest BCUT2D eigenvalue weighted by atomic mass is 16.4. The molecule has 1 amide bonds. The van der Waals surface area contributed by atoms with Crippen LogP contribution in [0.5, 0.6) is 0 Å². The molecule has 0 aromatic rings. The topological polar surface area (TPSA) is 69.6 Å². The third kappa shape index (κ3) is 3.20. The molecule has 1 aliphatic heterocycles. The number of amides is 1. The second-order valence-electron chi connectivity index (χ2n) is 4.25. The molecular formula is C11H20N2O3. The predicted molar refractivity (Wildman–Crippen MR) is 60.1 cm³/mol. The number of carbonyl (C=O) groups excluding carboxylic acids is 1. The molecule has 1 aliphatic rings. The quantitative estimate of drug-likeness (QED) is 0.717. The smallest absolute Gasteiger partial charge is 0.326 e. The lowest BCUT2D eigenvalue weighted by molar-refractivity contribution is -0.148. The first-order valence-electron chi connectivity index (χ1n) is 5.82. The van der Waals surface area contributed by atoms with Crippen LogP contribution in [0.3, 0.4) is 0 Å². The summed E-state index contributed by atoms with van der Waals surface area (Å²) in [5.41, 5.74) is 0. The Labute approximate surface area is 95.8 Å². The molecule has 16 heavy (non-hydrogen) atoms. The standard InChI is InChI=1S/C11H20N2O3/c1-3-12-8(2)7-10(14)13-6-4-5-9(13)11(15)16/h8-9,12H,3-7H2,1-2H3,(H,15,16)/t8?,9-/m0/s1. The van der Waals surface area contributed by atoms with Gasteiger partial charge in [-0.2, -0.15) is 0 Å². The van der Waals surface area contributed by atoms with Crippen LogP contribution in [-0.4, -0.2) is 47.1 Å². The van der Waals surface area contributed by atoms with E-state index < -0.39 is 12.0 Å². The Morgan fingerprint density at radius 1 is 1.56 bits per heavy atom. The Balaban J connectivity index is 2.49. The number of likely N-dealkylation sites (tertiary alicyclic amines) is 1. The van der Waals surface area contributed by atoms with E-state index in [2.05, 4.69) is 5.32 Å². The van der Waals surface area contributed by atoms with E-state index in [1.165, 1.54) is 4.90 Å². The maximum atomic E-state index is 11.9. The van der Waals surface area contributed by atoms with Crippen molar-refractivity contribution in [2.75, 3.05) is 13.1 Å². The molecule has 0 aliphatic carbocycles. The van der Waals surface area contributed by atoms with Crippen LogP contribution in [0.25, 0.3) is 0 Å². The molecule has 0 bridgehead atoms. The Morgan fingerprint density at radius 2 is 2.25 bits per heavy atom. The number of carboxylic acids is 1. The number of carbonyl (C=O) groups is 2. The zero-order valence-corrected chi connectivity index (χ0v) is 9.90. The van der Waals surface area contributed by atoms with Crippen molar-refractivity contribution in [3.8, 4) is 0 Å². The van der Waals surface area contributed by atoms with Crippen LogP contribution in [0.4, 0.5) is 0 Å². The number of hydrogen-bond donors (Lipinski definition) is 2. The number of aliphatic carboxylic acids is 1. The average Bonchev–Trinajstić information content (AvgIpc) is 2.65. The van der Waals surface area contributed by atoms with E-state index in [-0.39, 0.29) is 11.9 Å². The Morgan fingerprint density at radius 3 is 2.81 bits per heavy atom. The first kappa shape index (κ1) is 13.0. The number of nitrogens with one attached hydrogen (secondary N) is 1. The monoisotopic (exact) mass is 228 g/mol. The first-order valence-corrected chi connectivity index (χ1v) is 5.82. The fourth-order valence-electron chi connectivity index (χ4n) is 2.12. The summed E-state index contributed by atoms with van der Waals surface area (Å²) in [7, 11) is 0. The fraction of sp³-hybridized carbons (Fsp3) is 0.818. The number of carboxylic acid groups (broad SMARTS) is 1. The third-order valence-electron chi connectivity index (χ3n) is 2.89. The van der Waals surface area contributed by atoms with Crippen LogP contribution in [0, 0.1) is 0 Å². The van der Waals surface area contributed by atoms with Gasteiger partial charge in [-0.3, -0.25) is 4.79 Å². The highest BCUT2D eigenvalue weighted by Crippen LogP contribution is 2.18. The Hall–Kier alpha value is -1.10. The van der Waals surface area contributed by atoms with Gasteiger partial charge in [-0.25, -0.2) is 4.79 Å². The maximum Gasteiger partial charge on any atom is 0.326 e. The minimum atomic E-state index is -0.887. The van der Waals surface area contributed by atoms with Gasteiger partial charge in [-0.05, 0) is 26.3 Å². The summed E-state index contributed by atoms with van der Waals surface area (Å²) in [6.07, 6.45) is 1.74. The Kier molecular flexibility index (Phi) is 4.73. The first-order chi connectivity index (χ1) is 7.56. The van der Waals surface area contributed by atoms with Crippen molar-refractivity contribution in [2.24, 2.45) is 0 Å². The van der Waals surface area contributed by atoms with E-state index in [0.29, 0.717) is 19.4 Å². The van der Waals surface area contributed by atoms with Gasteiger partial charge in [0.2, 0.25) is 5.91 Å². The van der Waals surface area contributed by atoms with E-state index >= 15 is 0 Å². The summed E-state index contributed by atoms with van der Waals surface area (Å²) >= 11 is 0. The molecule has 0 aromatic heterocycles. The molecule has 1 fully saturated rings. The summed E-state index contributed by atoms with van der Waals surface area (Å²) in [5.74, 6) is -0.944. The largest absolute Gasteiger partial charge is 0.480 e. The molecular weight excluding hydrogens is 208 g/mol. The highest BCUT2D eigenvalue weighted by Gasteiger charge is 2.33. The zero-order valence-electron chi connectivity index (χ0n) is 9.90. The SMILES string of the molecule is CCNC(C)CC(=O)N1CCC[C@H]1C(=O)O. The third-order valence-corrected chi connectivity index (χ3v) is 2.89. The lowest BCUT2D eigenvalue weighted by atomic mass is 10.2. The van der Waals surface area contributed by atoms with E-state index in [1.54, 1.807) is 0 Å². The van der Waals surface area contributed by atoms with Crippen LogP contribution in [0.15, 0.2) is 0 Å². The second-order valence-corrected chi connectivity index (χ2v) is 4.25. The minimum Gasteiger partial charge on any atom is -0.480 e. The van der Waals surface area contributed by atoms with Gasteiger partial charge in [-0.15, -0.1) is 0 Å². The molecule has 0 radical (unpaired) electrons. The van der Waals surface area contributed by atoms with Crippen LogP contribution in [-0.2, 0) is 9.59 Å². The van der Waals surface area contributed by atoms with Crippen molar-refractivity contribution < 1.29 is 14.7 Å². The summed E-state index contributed by atoms with van der Waals surface area (Å²) in [6, 6.07) is -0.506. The molecule has 0 saturated carbocycles. The lowest BCUT2D eigenvalue weighted by Gasteiger charge is -2.23. The van der Waals surface area contributed by atoms with Crippen LogP contribution in [0.2, 0.25) is 0 Å². The van der Waals surface area contributed by atoms with Crippen LogP contribution in [0.1, 0.15) is 33.1 Å². The van der Waals surface area contributed by atoms with E-state index in [1.807, 2.05) is 13.8 Å². The zero-order chi connectivity index (χ0) is 12.1. The number of nitrogens with zero attached hydrogens (tertiary/aromatic N) is 1. The molecule has 0 spiro atoms. The van der Waals surface area contributed by atoms with Gasteiger partial charge < -0.3 is 15.3 Å². The van der Waals surface area contributed by atoms with E-state index in [4.69, 9.17) is 5.11 Å². The summed E-state index contributed by atoms with van der Waals surface area (Å²) in [5, 5.41) is 12.1. The van der Waals surface area contributed by atoms with Gasteiger partial charge in [0.1, 0.15) is 6.04 Å². The average molecular weight is 228 g/mol. The van der Waals surface area contributed by atoms with Gasteiger partial charge in [0, 0.05) is 19.0 Å². The number of rotatable bonds is 5. The molecule has 1 rings (SSSR count). The molecule has 1 unspecified atom stereocenters. The van der Waals surface area contributed by atoms with Gasteiger partial charge in [-0.1, -0.05) is 6.92 Å². The van der Waals surface area contributed by atoms with Crippen molar-refractivity contribution in [2.45, 2.75) is 45.2 Å². The van der Waals surface area contributed by atoms with Crippen molar-refractivity contribution in [1.29, 1.82) is 0 Å². The fourth-order valence-corrected chi connectivity index (χ4v) is 2.12. The van der Waals surface area contributed by atoms with Gasteiger partial charge in [0.15, 0.2) is 0 Å². The van der Waals surface area contributed by atoms with Crippen molar-refractivity contribution in [1.82, 2.24) is 10.2 Å². The molecule has 5 nitrogen and oxygen atoms in total. The van der Waals surface area contributed by atoms with Crippen molar-refractivity contribution >= 4 is 11.9 Å². The Bertz CT molecular complexity index is 268. The highest BCUT2D eigenvalue weighted by molar-refractivity contribution is 5.84. The normalized spacial score (nSPS) is 22.1. The van der Waals surface area contributed by atoms with Gasteiger partial charge in [0.05, 0.1) is 0 Å². The van der Waals surface area contributed by atoms with Gasteiger partial charge in [0.25, 0.3) is 0 Å². The summed E-state index contributed by atoms with van der Waals surface area (Å²) in [4.78, 5) is 24.3. The van der Waals surface area contributed by atoms with Crippen LogP contribution < -0.4 is 5.32 Å². The second kappa shape index (κ2) is 5.84. The molecule has 1 saturated heterocycles. The van der Waals surface area contributed by atoms with Crippen molar-refractivity contribution in [3.63, 3.8) is 0 Å².